The molecule has 1 aromatic rings. The SMILES string of the molecule is COC(CNC(=O)Nc1ccc(F)cc1F)OC. The van der Waals surface area contributed by atoms with Gasteiger partial charge >= 0.3 is 6.03 Å². The molecule has 0 aliphatic heterocycles. The third-order valence-corrected chi connectivity index (χ3v) is 2.13. The molecule has 1 rings (SSSR count). The Labute approximate surface area is 103 Å². The molecule has 0 heterocycles. The van der Waals surface area contributed by atoms with Crippen molar-refractivity contribution in [3.05, 3.63) is 29.8 Å². The van der Waals surface area contributed by atoms with Gasteiger partial charge in [-0.25, -0.2) is 13.6 Å². The molecule has 5 nitrogen and oxygen atoms in total. The molecular weight excluding hydrogens is 246 g/mol. The van der Waals surface area contributed by atoms with Crippen LogP contribution in [0.1, 0.15) is 0 Å². The Kier molecular flexibility index (Phi) is 5.47. The lowest BCUT2D eigenvalue weighted by Gasteiger charge is -2.14. The Balaban J connectivity index is 2.49. The highest BCUT2D eigenvalue weighted by Gasteiger charge is 2.10. The van der Waals surface area contributed by atoms with Crippen LogP contribution < -0.4 is 10.6 Å². The van der Waals surface area contributed by atoms with E-state index in [0.717, 1.165) is 12.1 Å². The summed E-state index contributed by atoms with van der Waals surface area (Å²) in [6.45, 7) is 0.0989. The van der Waals surface area contributed by atoms with Gasteiger partial charge in [0.1, 0.15) is 11.6 Å². The lowest BCUT2D eigenvalue weighted by Crippen LogP contribution is -2.37. The van der Waals surface area contributed by atoms with Crippen molar-refractivity contribution in [3.63, 3.8) is 0 Å². The zero-order valence-electron chi connectivity index (χ0n) is 10.00. The predicted octanol–water partition coefficient (Wildman–Crippen LogP) is 1.71. The van der Waals surface area contributed by atoms with Gasteiger partial charge in [-0.15, -0.1) is 0 Å². The maximum Gasteiger partial charge on any atom is 0.319 e. The van der Waals surface area contributed by atoms with Gasteiger partial charge < -0.3 is 20.1 Å². The van der Waals surface area contributed by atoms with Crippen LogP contribution in [0.25, 0.3) is 0 Å². The van der Waals surface area contributed by atoms with E-state index in [1.807, 2.05) is 0 Å². The summed E-state index contributed by atoms with van der Waals surface area (Å²) in [5.41, 5.74) is -0.111. The quantitative estimate of drug-likeness (QED) is 0.792. The van der Waals surface area contributed by atoms with Crippen molar-refractivity contribution in [2.75, 3.05) is 26.1 Å². The minimum absolute atomic E-state index is 0.0989. The Bertz CT molecular complexity index is 411. The number of methoxy groups -OCH3 is 2. The number of ether oxygens (including phenoxy) is 2. The zero-order valence-corrected chi connectivity index (χ0v) is 10.00. The summed E-state index contributed by atoms with van der Waals surface area (Å²) in [7, 11) is 2.85. The number of hydrogen-bond acceptors (Lipinski definition) is 3. The normalized spacial score (nSPS) is 10.5. The van der Waals surface area contributed by atoms with E-state index < -0.39 is 24.0 Å². The number of amides is 2. The van der Waals surface area contributed by atoms with Gasteiger partial charge in [-0.3, -0.25) is 0 Å². The van der Waals surface area contributed by atoms with Crippen LogP contribution in [0.2, 0.25) is 0 Å². The van der Waals surface area contributed by atoms with Gasteiger partial charge in [-0.05, 0) is 12.1 Å². The fourth-order valence-corrected chi connectivity index (χ4v) is 1.20. The molecule has 0 saturated heterocycles. The molecule has 7 heteroatoms. The van der Waals surface area contributed by atoms with Crippen LogP contribution in [0.5, 0.6) is 0 Å². The minimum atomic E-state index is -0.847. The highest BCUT2D eigenvalue weighted by atomic mass is 19.1. The van der Waals surface area contributed by atoms with E-state index >= 15 is 0 Å². The molecule has 0 atom stereocenters. The lowest BCUT2D eigenvalue weighted by molar-refractivity contribution is -0.0970. The fourth-order valence-electron chi connectivity index (χ4n) is 1.20. The van der Waals surface area contributed by atoms with Crippen LogP contribution >= 0.6 is 0 Å². The van der Waals surface area contributed by atoms with Crippen LogP contribution in [0.4, 0.5) is 19.3 Å². The molecule has 0 saturated carbocycles. The topological polar surface area (TPSA) is 59.6 Å². The number of nitrogens with one attached hydrogen (secondary N) is 2. The monoisotopic (exact) mass is 260 g/mol. The molecule has 1 aromatic carbocycles. The molecule has 0 fully saturated rings. The number of urea groups is 1. The third kappa shape index (κ3) is 4.27. The highest BCUT2D eigenvalue weighted by Crippen LogP contribution is 2.14. The molecule has 18 heavy (non-hydrogen) atoms. The summed E-state index contributed by atoms with van der Waals surface area (Å²) in [6, 6.07) is 2.22. The van der Waals surface area contributed by atoms with E-state index in [1.54, 1.807) is 0 Å². The molecule has 0 unspecified atom stereocenters. The lowest BCUT2D eigenvalue weighted by atomic mass is 10.3. The first kappa shape index (κ1) is 14.3. The first-order valence-electron chi connectivity index (χ1n) is 5.12. The summed E-state index contributed by atoms with van der Waals surface area (Å²) in [5, 5.41) is 4.65. The van der Waals surface area contributed by atoms with E-state index in [2.05, 4.69) is 10.6 Å². The molecule has 2 amide bonds. The number of halogens is 2. The maximum absolute atomic E-state index is 13.2. The van der Waals surface area contributed by atoms with Gasteiger partial charge in [0.2, 0.25) is 0 Å². The molecule has 0 aliphatic rings. The molecule has 0 bridgehead atoms. The van der Waals surface area contributed by atoms with Crippen molar-refractivity contribution < 1.29 is 23.0 Å². The molecule has 0 aliphatic carbocycles. The average Bonchev–Trinajstić information content (AvgIpc) is 2.34. The number of carbonyl (C=O) groups is 1. The first-order valence-corrected chi connectivity index (χ1v) is 5.12. The van der Waals surface area contributed by atoms with E-state index in [4.69, 9.17) is 9.47 Å². The van der Waals surface area contributed by atoms with Crippen molar-refractivity contribution in [3.8, 4) is 0 Å². The summed E-state index contributed by atoms with van der Waals surface area (Å²) >= 11 is 0. The minimum Gasteiger partial charge on any atom is -0.354 e. The van der Waals surface area contributed by atoms with E-state index in [0.29, 0.717) is 6.07 Å². The van der Waals surface area contributed by atoms with Gasteiger partial charge in [-0.2, -0.15) is 0 Å². The fraction of sp³-hybridized carbons (Fsp3) is 0.364. The highest BCUT2D eigenvalue weighted by molar-refractivity contribution is 5.89. The molecule has 100 valence electrons. The Morgan fingerprint density at radius 2 is 2.00 bits per heavy atom. The van der Waals surface area contributed by atoms with Crippen LogP contribution in [0.15, 0.2) is 18.2 Å². The van der Waals surface area contributed by atoms with Gasteiger partial charge in [0, 0.05) is 20.3 Å². The van der Waals surface area contributed by atoms with E-state index in [9.17, 15) is 13.6 Å². The summed E-state index contributed by atoms with van der Waals surface area (Å²) in [6.07, 6.45) is -0.589. The summed E-state index contributed by atoms with van der Waals surface area (Å²) in [4.78, 5) is 11.4. The Morgan fingerprint density at radius 3 is 2.56 bits per heavy atom. The predicted molar refractivity (Wildman–Crippen MR) is 61.2 cm³/mol. The number of carbonyl (C=O) groups excluding carboxylic acids is 1. The first-order chi connectivity index (χ1) is 8.56. The Morgan fingerprint density at radius 1 is 1.33 bits per heavy atom. The second kappa shape index (κ2) is 6.87. The third-order valence-electron chi connectivity index (χ3n) is 2.13. The molecule has 0 spiro atoms. The average molecular weight is 260 g/mol. The smallest absolute Gasteiger partial charge is 0.319 e. The van der Waals surface area contributed by atoms with Crippen molar-refractivity contribution in [1.82, 2.24) is 5.32 Å². The molecule has 0 aromatic heterocycles. The van der Waals surface area contributed by atoms with Gasteiger partial charge in [0.25, 0.3) is 0 Å². The van der Waals surface area contributed by atoms with Gasteiger partial charge in [0.05, 0.1) is 12.2 Å². The van der Waals surface area contributed by atoms with Crippen LogP contribution in [0.3, 0.4) is 0 Å². The number of hydrogen-bond donors (Lipinski definition) is 2. The van der Waals surface area contributed by atoms with Crippen LogP contribution in [-0.4, -0.2) is 33.1 Å². The molecular formula is C11H14F2N2O3. The Hall–Kier alpha value is -1.73. The van der Waals surface area contributed by atoms with Crippen LogP contribution in [0, 0.1) is 11.6 Å². The van der Waals surface area contributed by atoms with E-state index in [1.165, 1.54) is 14.2 Å². The van der Waals surface area contributed by atoms with Gasteiger partial charge in [0.15, 0.2) is 6.29 Å². The number of anilines is 1. The van der Waals surface area contributed by atoms with Crippen molar-refractivity contribution in [2.45, 2.75) is 6.29 Å². The zero-order chi connectivity index (χ0) is 13.5. The summed E-state index contributed by atoms with van der Waals surface area (Å²) < 4.78 is 35.5. The van der Waals surface area contributed by atoms with Gasteiger partial charge in [-0.1, -0.05) is 0 Å². The van der Waals surface area contributed by atoms with Crippen molar-refractivity contribution in [1.29, 1.82) is 0 Å². The second-order valence-electron chi connectivity index (χ2n) is 3.36. The van der Waals surface area contributed by atoms with Crippen LogP contribution in [-0.2, 0) is 9.47 Å². The number of rotatable bonds is 5. The number of benzene rings is 1. The largest absolute Gasteiger partial charge is 0.354 e. The molecule has 0 radical (unpaired) electrons. The van der Waals surface area contributed by atoms with E-state index in [-0.39, 0.29) is 12.2 Å². The standard InChI is InChI=1S/C11H14F2N2O3/c1-17-10(18-2)6-14-11(16)15-9-4-3-7(12)5-8(9)13/h3-5,10H,6H2,1-2H3,(H2,14,15,16). The maximum atomic E-state index is 13.2. The van der Waals surface area contributed by atoms with Crippen molar-refractivity contribution in [2.24, 2.45) is 0 Å². The molecule has 2 N–H and O–H groups in total. The second-order valence-corrected chi connectivity index (χ2v) is 3.36. The van der Waals surface area contributed by atoms with Crippen molar-refractivity contribution >= 4 is 11.7 Å². The summed E-state index contributed by atoms with van der Waals surface area (Å²) in [5.74, 6) is -1.56.